The minimum atomic E-state index is -4.52. The summed E-state index contributed by atoms with van der Waals surface area (Å²) < 4.78 is 37.2. The molecule has 1 heterocycles. The maximum Gasteiger partial charge on any atom is 0.417 e. The van der Waals surface area contributed by atoms with Crippen LogP contribution in [0.25, 0.3) is 0 Å². The second-order valence-electron chi connectivity index (χ2n) is 3.70. The van der Waals surface area contributed by atoms with Gasteiger partial charge in [-0.3, -0.25) is 4.79 Å². The van der Waals surface area contributed by atoms with Gasteiger partial charge < -0.3 is 16.8 Å². The molecule has 0 aromatic heterocycles. The zero-order valence-electron chi connectivity index (χ0n) is 8.56. The zero-order chi connectivity index (χ0) is 12.6. The molecule has 16 heavy (non-hydrogen) atoms. The third-order valence-electron chi connectivity index (χ3n) is 2.44. The van der Waals surface area contributed by atoms with Crippen LogP contribution in [0.1, 0.15) is 6.92 Å². The van der Waals surface area contributed by atoms with Gasteiger partial charge in [-0.05, 0) is 13.0 Å². The molecule has 0 aliphatic carbocycles. The van der Waals surface area contributed by atoms with Gasteiger partial charge in [-0.25, -0.2) is 0 Å². The highest BCUT2D eigenvalue weighted by molar-refractivity contribution is 5.95. The van der Waals surface area contributed by atoms with Crippen LogP contribution in [0.3, 0.4) is 0 Å². The Hall–Kier alpha value is -1.50. The lowest BCUT2D eigenvalue weighted by Crippen LogP contribution is -2.53. The van der Waals surface area contributed by atoms with Crippen molar-refractivity contribution in [2.75, 3.05) is 6.54 Å². The first-order valence-electron chi connectivity index (χ1n) is 4.48. The third-order valence-corrected chi connectivity index (χ3v) is 2.44. The number of amides is 1. The number of hydrogen-bond donors (Lipinski definition) is 3. The smallest absolute Gasteiger partial charge is 0.380 e. The summed E-state index contributed by atoms with van der Waals surface area (Å²) in [6, 6.07) is 0. The largest absolute Gasteiger partial charge is 0.417 e. The number of nitrogens with one attached hydrogen (secondary N) is 1. The third kappa shape index (κ3) is 2.19. The van der Waals surface area contributed by atoms with Crippen molar-refractivity contribution < 1.29 is 18.0 Å². The standard InChI is InChI=1S/C9H12F3N3O/c1-8(4-13)6(7(14)16)2-5(3-15-8)9(10,11)12/h2-3,15H,4,13H2,1H3,(H2,14,16). The number of carbonyl (C=O) groups is 1. The van der Waals surface area contributed by atoms with Crippen molar-refractivity contribution >= 4 is 5.91 Å². The van der Waals surface area contributed by atoms with Gasteiger partial charge in [0.25, 0.3) is 0 Å². The van der Waals surface area contributed by atoms with Crippen LogP contribution in [-0.4, -0.2) is 24.2 Å². The van der Waals surface area contributed by atoms with Gasteiger partial charge in [0.1, 0.15) is 0 Å². The average Bonchev–Trinajstić information content (AvgIpc) is 2.16. The minimum absolute atomic E-state index is 0.0383. The highest BCUT2D eigenvalue weighted by atomic mass is 19.4. The van der Waals surface area contributed by atoms with Crippen molar-refractivity contribution in [2.45, 2.75) is 18.6 Å². The fraction of sp³-hybridized carbons (Fsp3) is 0.444. The second-order valence-corrected chi connectivity index (χ2v) is 3.70. The molecule has 0 radical (unpaired) electrons. The molecule has 0 saturated heterocycles. The molecule has 0 bridgehead atoms. The molecule has 5 N–H and O–H groups in total. The molecule has 0 saturated carbocycles. The van der Waals surface area contributed by atoms with E-state index in [1.165, 1.54) is 6.92 Å². The molecule has 1 amide bonds. The van der Waals surface area contributed by atoms with Gasteiger partial charge in [0.2, 0.25) is 5.91 Å². The van der Waals surface area contributed by atoms with Crippen LogP contribution < -0.4 is 16.8 Å². The summed E-state index contributed by atoms with van der Waals surface area (Å²) in [6.07, 6.45) is -3.01. The van der Waals surface area contributed by atoms with Gasteiger partial charge in [0, 0.05) is 18.3 Å². The Morgan fingerprint density at radius 3 is 2.50 bits per heavy atom. The monoisotopic (exact) mass is 235 g/mol. The van der Waals surface area contributed by atoms with E-state index in [4.69, 9.17) is 11.5 Å². The normalized spacial score (nSPS) is 25.6. The molecule has 1 aliphatic heterocycles. The first kappa shape index (κ1) is 12.6. The number of alkyl halides is 3. The van der Waals surface area contributed by atoms with E-state index in [2.05, 4.69) is 5.32 Å². The molecule has 4 nitrogen and oxygen atoms in total. The minimum Gasteiger partial charge on any atom is -0.380 e. The maximum atomic E-state index is 12.4. The highest BCUT2D eigenvalue weighted by Gasteiger charge is 2.40. The van der Waals surface area contributed by atoms with Crippen molar-refractivity contribution in [2.24, 2.45) is 11.5 Å². The van der Waals surface area contributed by atoms with Gasteiger partial charge in [0.15, 0.2) is 0 Å². The average molecular weight is 235 g/mol. The number of hydrogen-bond acceptors (Lipinski definition) is 3. The van der Waals surface area contributed by atoms with Crippen LogP contribution in [-0.2, 0) is 4.79 Å². The SMILES string of the molecule is CC1(CN)NC=C(C(F)(F)F)C=C1C(N)=O. The number of carbonyl (C=O) groups excluding carboxylic acids is 1. The number of nitrogens with two attached hydrogens (primary N) is 2. The summed E-state index contributed by atoms with van der Waals surface area (Å²) in [5.74, 6) is -0.921. The lowest BCUT2D eigenvalue weighted by molar-refractivity contribution is -0.115. The van der Waals surface area contributed by atoms with E-state index in [0.29, 0.717) is 0 Å². The molecule has 0 fully saturated rings. The Labute approximate surface area is 90.2 Å². The van der Waals surface area contributed by atoms with Gasteiger partial charge in [-0.15, -0.1) is 0 Å². The van der Waals surface area contributed by atoms with Crippen molar-refractivity contribution in [3.05, 3.63) is 23.4 Å². The predicted molar refractivity (Wildman–Crippen MR) is 52.0 cm³/mol. The lowest BCUT2D eigenvalue weighted by atomic mass is 9.87. The number of halogens is 3. The topological polar surface area (TPSA) is 81.1 Å². The molecule has 1 atom stereocenters. The van der Waals surface area contributed by atoms with Crippen molar-refractivity contribution in [1.29, 1.82) is 0 Å². The van der Waals surface area contributed by atoms with Crippen LogP contribution in [0, 0.1) is 0 Å². The van der Waals surface area contributed by atoms with Gasteiger partial charge in [0.05, 0.1) is 11.1 Å². The predicted octanol–water partition coefficient (Wildman–Crippen LogP) is 0.165. The van der Waals surface area contributed by atoms with Crippen molar-refractivity contribution in [3.63, 3.8) is 0 Å². The Bertz CT molecular complexity index is 373. The van der Waals surface area contributed by atoms with Crippen molar-refractivity contribution in [3.8, 4) is 0 Å². The molecule has 1 unspecified atom stereocenters. The first-order chi connectivity index (χ1) is 7.20. The summed E-state index contributed by atoms with van der Waals surface area (Å²) in [5.41, 5.74) is 8.24. The maximum absolute atomic E-state index is 12.4. The number of rotatable bonds is 2. The quantitative estimate of drug-likeness (QED) is 0.638. The van der Waals surface area contributed by atoms with E-state index in [0.717, 1.165) is 12.3 Å². The molecule has 0 spiro atoms. The summed E-state index contributed by atoms with van der Waals surface area (Å²) in [4.78, 5) is 11.1. The Balaban J connectivity index is 3.16. The zero-order valence-corrected chi connectivity index (χ0v) is 8.56. The van der Waals surface area contributed by atoms with Crippen LogP contribution in [0.2, 0.25) is 0 Å². The van der Waals surface area contributed by atoms with E-state index in [1.54, 1.807) is 0 Å². The molecular formula is C9H12F3N3O. The molecule has 0 aromatic rings. The number of primary amides is 1. The van der Waals surface area contributed by atoms with Crippen molar-refractivity contribution in [1.82, 2.24) is 5.32 Å². The van der Waals surface area contributed by atoms with E-state index < -0.39 is 23.2 Å². The fourth-order valence-corrected chi connectivity index (χ4v) is 1.35. The van der Waals surface area contributed by atoms with Crippen LogP contribution in [0.15, 0.2) is 23.4 Å². The van der Waals surface area contributed by atoms with E-state index in [-0.39, 0.29) is 12.1 Å². The molecule has 1 rings (SSSR count). The molecule has 90 valence electrons. The molecular weight excluding hydrogens is 223 g/mol. The summed E-state index contributed by atoms with van der Waals surface area (Å²) in [5, 5.41) is 2.46. The Kier molecular flexibility index (Phi) is 3.00. The number of allylic oxidation sites excluding steroid dienone is 2. The van der Waals surface area contributed by atoms with E-state index in [1.807, 2.05) is 0 Å². The van der Waals surface area contributed by atoms with E-state index in [9.17, 15) is 18.0 Å². The second kappa shape index (κ2) is 3.82. The highest BCUT2D eigenvalue weighted by Crippen LogP contribution is 2.32. The lowest BCUT2D eigenvalue weighted by Gasteiger charge is -2.33. The van der Waals surface area contributed by atoms with E-state index >= 15 is 0 Å². The van der Waals surface area contributed by atoms with Gasteiger partial charge in [-0.2, -0.15) is 13.2 Å². The summed E-state index contributed by atoms with van der Waals surface area (Å²) in [7, 11) is 0. The summed E-state index contributed by atoms with van der Waals surface area (Å²) >= 11 is 0. The first-order valence-corrected chi connectivity index (χ1v) is 4.48. The molecule has 0 aromatic carbocycles. The Morgan fingerprint density at radius 2 is 2.12 bits per heavy atom. The van der Waals surface area contributed by atoms with Gasteiger partial charge in [-0.1, -0.05) is 0 Å². The Morgan fingerprint density at radius 1 is 1.56 bits per heavy atom. The molecule has 1 aliphatic rings. The van der Waals surface area contributed by atoms with Gasteiger partial charge >= 0.3 is 6.18 Å². The van der Waals surface area contributed by atoms with Crippen LogP contribution in [0.4, 0.5) is 13.2 Å². The molecule has 7 heteroatoms. The fourth-order valence-electron chi connectivity index (χ4n) is 1.35. The van der Waals surface area contributed by atoms with Crippen LogP contribution >= 0.6 is 0 Å². The number of dihydropyridines is 1. The summed E-state index contributed by atoms with van der Waals surface area (Å²) in [6.45, 7) is 1.47. The van der Waals surface area contributed by atoms with Crippen LogP contribution in [0.5, 0.6) is 0 Å².